The van der Waals surface area contributed by atoms with Gasteiger partial charge >= 0.3 is 0 Å². The molecule has 0 aromatic carbocycles. The van der Waals surface area contributed by atoms with E-state index in [1.54, 1.807) is 6.92 Å². The third-order valence-corrected chi connectivity index (χ3v) is 12.9. The molecule has 0 N–H and O–H groups in total. The highest BCUT2D eigenvalue weighted by Gasteiger charge is 2.68. The molecule has 204 valence electrons. The van der Waals surface area contributed by atoms with Crippen molar-refractivity contribution in [3.05, 3.63) is 11.6 Å². The molecule has 0 saturated heterocycles. The van der Waals surface area contributed by atoms with Gasteiger partial charge in [-0.2, -0.15) is 5.26 Å². The molecule has 0 heterocycles. The molecular formula is C33H49NO3. The van der Waals surface area contributed by atoms with Crippen LogP contribution in [0.5, 0.6) is 0 Å². The van der Waals surface area contributed by atoms with Crippen LogP contribution in [0.25, 0.3) is 0 Å². The SMILES string of the molecule is CC(=O)[C@@]1(C)CCC(C)(C)CCC2C(=O)C[C@@H]3[C@@]4(C)C=C(C#N)C(=O)C(C)(C)[C@@H]4CC[C@@]3(C)[C@]2(C)CC1. The van der Waals surface area contributed by atoms with E-state index in [-0.39, 0.29) is 56.6 Å². The molecule has 0 aromatic rings. The molecule has 0 bridgehead atoms. The summed E-state index contributed by atoms with van der Waals surface area (Å²) in [4.78, 5) is 40.4. The summed E-state index contributed by atoms with van der Waals surface area (Å²) in [5.41, 5.74) is -1.38. The van der Waals surface area contributed by atoms with Crippen LogP contribution < -0.4 is 0 Å². The van der Waals surface area contributed by atoms with Crippen molar-refractivity contribution in [2.24, 2.45) is 50.2 Å². The smallest absolute Gasteiger partial charge is 0.178 e. The highest BCUT2D eigenvalue weighted by Crippen LogP contribution is 2.72. The van der Waals surface area contributed by atoms with Gasteiger partial charge in [-0.3, -0.25) is 14.4 Å². The first-order chi connectivity index (χ1) is 16.9. The number of Topliss-reactive ketones (excluding diaryl/α,β-unsaturated/α-hetero) is 3. The highest BCUT2D eigenvalue weighted by atomic mass is 16.1. The molecule has 7 atom stereocenters. The zero-order valence-electron chi connectivity index (χ0n) is 24.8. The number of ketones is 3. The second kappa shape index (κ2) is 8.62. The third-order valence-electron chi connectivity index (χ3n) is 12.9. The van der Waals surface area contributed by atoms with Crippen LogP contribution in [-0.2, 0) is 14.4 Å². The third kappa shape index (κ3) is 4.01. The summed E-state index contributed by atoms with van der Waals surface area (Å²) >= 11 is 0. The first kappa shape index (κ1) is 28.3. The normalized spacial score (nSPS) is 45.4. The van der Waals surface area contributed by atoms with E-state index in [4.69, 9.17) is 0 Å². The molecule has 4 aliphatic rings. The number of carbonyl (C=O) groups excluding carboxylic acids is 3. The average Bonchev–Trinajstić information content (AvgIpc) is 2.80. The van der Waals surface area contributed by atoms with Crippen molar-refractivity contribution in [3.8, 4) is 6.07 Å². The predicted molar refractivity (Wildman–Crippen MR) is 146 cm³/mol. The molecule has 0 spiro atoms. The number of hydrogen-bond donors (Lipinski definition) is 0. The van der Waals surface area contributed by atoms with E-state index in [1.807, 2.05) is 19.9 Å². The van der Waals surface area contributed by atoms with Crippen LogP contribution in [0.2, 0.25) is 0 Å². The Morgan fingerprint density at radius 2 is 1.46 bits per heavy atom. The van der Waals surface area contributed by atoms with Crippen molar-refractivity contribution in [3.63, 3.8) is 0 Å². The first-order valence-corrected chi connectivity index (χ1v) is 14.6. The molecular weight excluding hydrogens is 458 g/mol. The molecule has 4 aliphatic carbocycles. The lowest BCUT2D eigenvalue weighted by Gasteiger charge is -2.68. The lowest BCUT2D eigenvalue weighted by Crippen LogP contribution is -2.65. The Bertz CT molecular complexity index is 1090. The van der Waals surface area contributed by atoms with Crippen molar-refractivity contribution in [2.45, 2.75) is 120 Å². The van der Waals surface area contributed by atoms with Crippen LogP contribution >= 0.6 is 0 Å². The number of fused-ring (bicyclic) bond motifs is 5. The maximum Gasteiger partial charge on any atom is 0.178 e. The van der Waals surface area contributed by atoms with Crippen LogP contribution in [-0.4, -0.2) is 17.3 Å². The van der Waals surface area contributed by atoms with Crippen molar-refractivity contribution in [1.82, 2.24) is 0 Å². The standard InChI is InChI=1S/C33H49NO3/c1-21(35)30(6)15-14-28(2,3)12-10-23-24(36)18-26-31(7)19-22(20-34)27(37)29(4,5)25(31)11-13-33(26,9)32(23,8)17-16-30/h19,23,25-26H,10-18H2,1-9H3/t23?,25-,26+,30-,31-,32+,33+/m0/s1. The monoisotopic (exact) mass is 507 g/mol. The summed E-state index contributed by atoms with van der Waals surface area (Å²) in [6.07, 6.45) is 9.86. The van der Waals surface area contributed by atoms with Gasteiger partial charge in [-0.15, -0.1) is 0 Å². The van der Waals surface area contributed by atoms with E-state index >= 15 is 0 Å². The van der Waals surface area contributed by atoms with Crippen molar-refractivity contribution in [2.75, 3.05) is 0 Å². The summed E-state index contributed by atoms with van der Waals surface area (Å²) < 4.78 is 0. The van der Waals surface area contributed by atoms with Gasteiger partial charge in [-0.25, -0.2) is 0 Å². The Labute approximate surface area is 225 Å². The molecule has 37 heavy (non-hydrogen) atoms. The number of nitrogens with zero attached hydrogens (tertiary/aromatic N) is 1. The minimum atomic E-state index is -0.621. The second-order valence-electron chi connectivity index (χ2n) is 15.6. The molecule has 0 aromatic heterocycles. The topological polar surface area (TPSA) is 75.0 Å². The number of allylic oxidation sites excluding steroid dienone is 2. The Kier molecular flexibility index (Phi) is 6.58. The fraction of sp³-hybridized carbons (Fsp3) is 0.818. The molecule has 0 aliphatic heterocycles. The van der Waals surface area contributed by atoms with Gasteiger partial charge in [0.2, 0.25) is 0 Å². The highest BCUT2D eigenvalue weighted by molar-refractivity contribution is 6.04. The van der Waals surface area contributed by atoms with Gasteiger partial charge in [-0.1, -0.05) is 61.5 Å². The minimum absolute atomic E-state index is 0.0138. The van der Waals surface area contributed by atoms with Crippen LogP contribution in [0.4, 0.5) is 0 Å². The molecule has 4 rings (SSSR count). The van der Waals surface area contributed by atoms with E-state index in [0.717, 1.165) is 51.4 Å². The molecule has 4 nitrogen and oxygen atoms in total. The maximum absolute atomic E-state index is 14.2. The number of carbonyl (C=O) groups is 3. The largest absolute Gasteiger partial charge is 0.299 e. The van der Waals surface area contributed by atoms with E-state index < -0.39 is 10.8 Å². The number of hydrogen-bond acceptors (Lipinski definition) is 4. The van der Waals surface area contributed by atoms with E-state index in [1.165, 1.54) is 0 Å². The van der Waals surface area contributed by atoms with Crippen LogP contribution in [0.3, 0.4) is 0 Å². The maximum atomic E-state index is 14.2. The molecule has 4 heteroatoms. The van der Waals surface area contributed by atoms with Crippen LogP contribution in [0, 0.1) is 61.6 Å². The van der Waals surface area contributed by atoms with Crippen molar-refractivity contribution >= 4 is 17.3 Å². The van der Waals surface area contributed by atoms with Crippen LogP contribution in [0.15, 0.2) is 11.6 Å². The number of rotatable bonds is 1. The molecule has 1 unspecified atom stereocenters. The zero-order valence-corrected chi connectivity index (χ0v) is 24.8. The van der Waals surface area contributed by atoms with Gasteiger partial charge in [0.05, 0.1) is 5.57 Å². The first-order valence-electron chi connectivity index (χ1n) is 14.6. The summed E-state index contributed by atoms with van der Waals surface area (Å²) in [5.74, 6) is 0.733. The second-order valence-corrected chi connectivity index (χ2v) is 15.6. The lowest BCUT2D eigenvalue weighted by atomic mass is 9.35. The van der Waals surface area contributed by atoms with Gasteiger partial charge in [0, 0.05) is 23.2 Å². The van der Waals surface area contributed by atoms with Gasteiger partial charge < -0.3 is 0 Å². The Hall–Kier alpha value is -1.76. The van der Waals surface area contributed by atoms with Gasteiger partial charge in [-0.05, 0) is 91.8 Å². The van der Waals surface area contributed by atoms with Crippen molar-refractivity contribution < 1.29 is 14.4 Å². The lowest BCUT2D eigenvalue weighted by molar-refractivity contribution is -0.191. The van der Waals surface area contributed by atoms with E-state index in [2.05, 4.69) is 47.6 Å². The Balaban J connectivity index is 1.86. The molecule has 0 amide bonds. The van der Waals surface area contributed by atoms with E-state index in [9.17, 15) is 19.6 Å². The summed E-state index contributed by atoms with van der Waals surface area (Å²) in [6, 6.07) is 2.21. The minimum Gasteiger partial charge on any atom is -0.299 e. The Morgan fingerprint density at radius 1 is 0.838 bits per heavy atom. The summed E-state index contributed by atoms with van der Waals surface area (Å²) in [6.45, 7) is 19.5. The molecule has 3 saturated carbocycles. The quantitative estimate of drug-likeness (QED) is 0.365. The van der Waals surface area contributed by atoms with Crippen molar-refractivity contribution in [1.29, 1.82) is 5.26 Å². The average molecular weight is 508 g/mol. The fourth-order valence-corrected chi connectivity index (χ4v) is 9.62. The summed E-state index contributed by atoms with van der Waals surface area (Å²) in [5, 5.41) is 9.90. The molecule has 3 fully saturated rings. The van der Waals surface area contributed by atoms with Gasteiger partial charge in [0.25, 0.3) is 0 Å². The Morgan fingerprint density at radius 3 is 2.05 bits per heavy atom. The van der Waals surface area contributed by atoms with Gasteiger partial charge in [0.15, 0.2) is 5.78 Å². The predicted octanol–water partition coefficient (Wildman–Crippen LogP) is 7.66. The fourth-order valence-electron chi connectivity index (χ4n) is 9.62. The zero-order chi connectivity index (χ0) is 27.8. The molecule has 0 radical (unpaired) electrons. The van der Waals surface area contributed by atoms with Crippen LogP contribution in [0.1, 0.15) is 120 Å². The summed E-state index contributed by atoms with van der Waals surface area (Å²) in [7, 11) is 0. The van der Waals surface area contributed by atoms with E-state index in [0.29, 0.717) is 12.2 Å². The number of nitriles is 1. The van der Waals surface area contributed by atoms with Gasteiger partial charge in [0.1, 0.15) is 17.6 Å².